The fourth-order valence-electron chi connectivity index (χ4n) is 2.69. The van der Waals surface area contributed by atoms with Crippen LogP contribution in [0.5, 0.6) is 5.75 Å². The van der Waals surface area contributed by atoms with Gasteiger partial charge in [-0.2, -0.15) is 0 Å². The van der Waals surface area contributed by atoms with E-state index in [0.717, 1.165) is 16.3 Å². The van der Waals surface area contributed by atoms with Gasteiger partial charge in [-0.25, -0.2) is 4.98 Å². The van der Waals surface area contributed by atoms with Crippen molar-refractivity contribution >= 4 is 46.1 Å². The van der Waals surface area contributed by atoms with Crippen LogP contribution in [-0.2, 0) is 4.79 Å². The van der Waals surface area contributed by atoms with E-state index in [2.05, 4.69) is 15.6 Å². The molecule has 0 spiro atoms. The minimum atomic E-state index is -0.314. The van der Waals surface area contributed by atoms with Gasteiger partial charge in [0.1, 0.15) is 15.6 Å². The fraction of sp³-hybridized carbons (Fsp3) is 0.190. The zero-order chi connectivity index (χ0) is 21.0. The number of hydrogen-bond acceptors (Lipinski definition) is 5. The number of amides is 2. The molecule has 0 saturated heterocycles. The number of hydrogen-bond donors (Lipinski definition) is 2. The fourth-order valence-corrected chi connectivity index (χ4v) is 3.83. The van der Waals surface area contributed by atoms with Crippen LogP contribution in [0.3, 0.4) is 0 Å². The monoisotopic (exact) mass is 429 g/mol. The number of anilines is 2. The molecule has 0 unspecified atom stereocenters. The van der Waals surface area contributed by atoms with Gasteiger partial charge in [-0.3, -0.25) is 9.59 Å². The van der Waals surface area contributed by atoms with E-state index < -0.39 is 0 Å². The number of rotatable bonds is 6. The second kappa shape index (κ2) is 9.07. The van der Waals surface area contributed by atoms with Crippen molar-refractivity contribution in [1.29, 1.82) is 0 Å². The number of carbonyl (C=O) groups is 2. The van der Waals surface area contributed by atoms with Gasteiger partial charge >= 0.3 is 0 Å². The highest BCUT2D eigenvalue weighted by molar-refractivity contribution is 7.17. The minimum absolute atomic E-state index is 0.241. The molecule has 0 saturated carbocycles. The summed E-state index contributed by atoms with van der Waals surface area (Å²) in [6, 6.07) is 12.5. The summed E-state index contributed by atoms with van der Waals surface area (Å²) in [6.07, 6.45) is 0. The van der Waals surface area contributed by atoms with Crippen molar-refractivity contribution in [2.24, 2.45) is 0 Å². The molecule has 6 nitrogen and oxygen atoms in total. The van der Waals surface area contributed by atoms with Gasteiger partial charge in [0.15, 0.2) is 0 Å². The molecular formula is C21H20ClN3O3S. The van der Waals surface area contributed by atoms with E-state index in [0.29, 0.717) is 33.6 Å². The molecule has 0 radical (unpaired) electrons. The van der Waals surface area contributed by atoms with Crippen molar-refractivity contribution < 1.29 is 14.3 Å². The normalized spacial score (nSPS) is 10.5. The van der Waals surface area contributed by atoms with E-state index in [4.69, 9.17) is 16.3 Å². The number of nitrogens with zero attached hydrogens (tertiary/aromatic N) is 1. The predicted octanol–water partition coefficient (Wildman–Crippen LogP) is 5.38. The van der Waals surface area contributed by atoms with Crippen molar-refractivity contribution in [3.8, 4) is 16.3 Å². The summed E-state index contributed by atoms with van der Waals surface area (Å²) < 4.78 is 5.46. The third kappa shape index (κ3) is 5.13. The van der Waals surface area contributed by atoms with Crippen LogP contribution >= 0.6 is 22.9 Å². The van der Waals surface area contributed by atoms with Crippen molar-refractivity contribution in [2.45, 2.75) is 20.8 Å². The first kappa shape index (κ1) is 20.8. The second-order valence-corrected chi connectivity index (χ2v) is 7.65. The maximum Gasteiger partial charge on any atom is 0.267 e. The SMILES string of the molecule is CCOc1ccc(-c2nc(C)c(C(=O)Nc3cc(Cl)ccc3NC(C)=O)s2)cc1. The van der Waals surface area contributed by atoms with Gasteiger partial charge in [-0.1, -0.05) is 11.6 Å². The second-order valence-electron chi connectivity index (χ2n) is 6.22. The van der Waals surface area contributed by atoms with E-state index >= 15 is 0 Å². The standard InChI is InChI=1S/C21H20ClN3O3S/c1-4-28-16-8-5-14(6-9-16)21-23-12(2)19(29-21)20(27)25-18-11-15(22)7-10-17(18)24-13(3)26/h5-11H,4H2,1-3H3,(H,24,26)(H,25,27). The van der Waals surface area contributed by atoms with Crippen LogP contribution in [-0.4, -0.2) is 23.4 Å². The average Bonchev–Trinajstić information content (AvgIpc) is 3.06. The zero-order valence-corrected chi connectivity index (χ0v) is 17.8. The molecule has 2 amide bonds. The van der Waals surface area contributed by atoms with E-state index in [9.17, 15) is 9.59 Å². The minimum Gasteiger partial charge on any atom is -0.494 e. The van der Waals surface area contributed by atoms with Crippen molar-refractivity contribution in [3.63, 3.8) is 0 Å². The number of thiazole rings is 1. The molecule has 29 heavy (non-hydrogen) atoms. The Labute approximate surface area is 177 Å². The van der Waals surface area contributed by atoms with Crippen LogP contribution < -0.4 is 15.4 Å². The van der Waals surface area contributed by atoms with E-state index in [1.807, 2.05) is 31.2 Å². The van der Waals surface area contributed by atoms with E-state index in [1.165, 1.54) is 18.3 Å². The van der Waals surface area contributed by atoms with Gasteiger partial charge in [0.25, 0.3) is 5.91 Å². The first-order valence-electron chi connectivity index (χ1n) is 8.96. The Hall–Kier alpha value is -2.90. The van der Waals surface area contributed by atoms with Crippen LogP contribution in [0.15, 0.2) is 42.5 Å². The molecule has 0 atom stereocenters. The number of aryl methyl sites for hydroxylation is 1. The zero-order valence-electron chi connectivity index (χ0n) is 16.2. The topological polar surface area (TPSA) is 80.3 Å². The van der Waals surface area contributed by atoms with Gasteiger partial charge in [0, 0.05) is 17.5 Å². The van der Waals surface area contributed by atoms with E-state index in [1.54, 1.807) is 25.1 Å². The first-order valence-corrected chi connectivity index (χ1v) is 10.2. The van der Waals surface area contributed by atoms with Crippen LogP contribution in [0, 0.1) is 6.92 Å². The number of aromatic nitrogens is 1. The Morgan fingerprint density at radius 3 is 2.48 bits per heavy atom. The number of ether oxygens (including phenoxy) is 1. The number of carbonyl (C=O) groups excluding carboxylic acids is 2. The summed E-state index contributed by atoms with van der Waals surface area (Å²) in [5.41, 5.74) is 2.43. The maximum absolute atomic E-state index is 12.9. The van der Waals surface area contributed by atoms with Gasteiger partial charge < -0.3 is 15.4 Å². The molecule has 3 aromatic rings. The lowest BCUT2D eigenvalue weighted by atomic mass is 10.2. The molecule has 3 rings (SSSR count). The van der Waals surface area contributed by atoms with Crippen LogP contribution in [0.4, 0.5) is 11.4 Å². The molecule has 1 aromatic heterocycles. The molecule has 2 N–H and O–H groups in total. The highest BCUT2D eigenvalue weighted by atomic mass is 35.5. The van der Waals surface area contributed by atoms with Gasteiger partial charge in [-0.15, -0.1) is 11.3 Å². The number of halogens is 1. The highest BCUT2D eigenvalue weighted by Gasteiger charge is 2.18. The Bertz CT molecular complexity index is 1050. The van der Waals surface area contributed by atoms with Crippen molar-refractivity contribution in [2.75, 3.05) is 17.2 Å². The Morgan fingerprint density at radius 2 is 1.83 bits per heavy atom. The lowest BCUT2D eigenvalue weighted by molar-refractivity contribution is -0.114. The summed E-state index contributed by atoms with van der Waals surface area (Å²) in [5, 5.41) is 6.69. The molecule has 2 aromatic carbocycles. The van der Waals surface area contributed by atoms with Crippen LogP contribution in [0.2, 0.25) is 5.02 Å². The predicted molar refractivity (Wildman–Crippen MR) is 117 cm³/mol. The lowest BCUT2D eigenvalue weighted by Crippen LogP contribution is -2.15. The van der Waals surface area contributed by atoms with Crippen LogP contribution in [0.1, 0.15) is 29.2 Å². The van der Waals surface area contributed by atoms with Gasteiger partial charge in [0.05, 0.1) is 23.7 Å². The summed E-state index contributed by atoms with van der Waals surface area (Å²) in [7, 11) is 0. The number of benzene rings is 2. The third-order valence-corrected chi connectivity index (χ3v) is 5.40. The molecule has 0 aliphatic heterocycles. The Kier molecular flexibility index (Phi) is 6.51. The largest absolute Gasteiger partial charge is 0.494 e. The van der Waals surface area contributed by atoms with Gasteiger partial charge in [-0.05, 0) is 56.3 Å². The third-order valence-electron chi connectivity index (χ3n) is 3.96. The maximum atomic E-state index is 12.9. The summed E-state index contributed by atoms with van der Waals surface area (Å²) >= 11 is 7.35. The Morgan fingerprint density at radius 1 is 1.10 bits per heavy atom. The molecule has 1 heterocycles. The molecule has 0 aliphatic carbocycles. The molecule has 150 valence electrons. The van der Waals surface area contributed by atoms with Crippen LogP contribution in [0.25, 0.3) is 10.6 Å². The molecule has 0 bridgehead atoms. The smallest absolute Gasteiger partial charge is 0.267 e. The highest BCUT2D eigenvalue weighted by Crippen LogP contribution is 2.31. The quantitative estimate of drug-likeness (QED) is 0.551. The average molecular weight is 430 g/mol. The molecule has 8 heteroatoms. The first-order chi connectivity index (χ1) is 13.9. The molecule has 0 fully saturated rings. The lowest BCUT2D eigenvalue weighted by Gasteiger charge is -2.11. The van der Waals surface area contributed by atoms with E-state index in [-0.39, 0.29) is 11.8 Å². The molecular weight excluding hydrogens is 410 g/mol. The molecule has 0 aliphatic rings. The number of nitrogens with one attached hydrogen (secondary N) is 2. The van der Waals surface area contributed by atoms with Crippen molar-refractivity contribution in [3.05, 3.63) is 58.1 Å². The van der Waals surface area contributed by atoms with Gasteiger partial charge in [0.2, 0.25) is 5.91 Å². The summed E-state index contributed by atoms with van der Waals surface area (Å²) in [4.78, 5) is 29.3. The van der Waals surface area contributed by atoms with Crippen molar-refractivity contribution in [1.82, 2.24) is 4.98 Å². The summed E-state index contributed by atoms with van der Waals surface area (Å²) in [6.45, 7) is 5.72. The summed E-state index contributed by atoms with van der Waals surface area (Å²) in [5.74, 6) is 0.231. The Balaban J connectivity index is 1.84.